The Bertz CT molecular complexity index is 1090. The maximum absolute atomic E-state index is 12.8. The van der Waals surface area contributed by atoms with Crippen molar-refractivity contribution in [1.82, 2.24) is 14.9 Å². The van der Waals surface area contributed by atoms with Crippen LogP contribution in [0.1, 0.15) is 38.8 Å². The molecule has 3 rings (SSSR count). The summed E-state index contributed by atoms with van der Waals surface area (Å²) in [5.74, 6) is -0.0311. The molecule has 0 atom stereocenters. The summed E-state index contributed by atoms with van der Waals surface area (Å²) in [6, 6.07) is 5.19. The molecule has 1 N–H and O–H groups in total. The smallest absolute Gasteiger partial charge is 0.312 e. The van der Waals surface area contributed by atoms with Crippen LogP contribution in [-0.4, -0.2) is 25.8 Å². The van der Waals surface area contributed by atoms with E-state index in [0.29, 0.717) is 33.4 Å². The molecule has 1 amide bonds. The second-order valence-corrected chi connectivity index (χ2v) is 6.77. The maximum Gasteiger partial charge on any atom is 0.312 e. The van der Waals surface area contributed by atoms with Crippen LogP contribution in [0.2, 0.25) is 5.02 Å². The summed E-state index contributed by atoms with van der Waals surface area (Å²) in [5.41, 5.74) is 2.52. The SMILES string of the molecule is Cc1nn(Cc2c(C(=O)Nc3cccc(Cl)c3C)noc2C)c(C)c1[N+](=O)[O-]. The lowest BCUT2D eigenvalue weighted by molar-refractivity contribution is -0.386. The highest BCUT2D eigenvalue weighted by atomic mass is 35.5. The third kappa shape index (κ3) is 3.48. The van der Waals surface area contributed by atoms with Crippen LogP contribution >= 0.6 is 11.6 Å². The quantitative estimate of drug-likeness (QED) is 0.509. The molecule has 0 fully saturated rings. The summed E-state index contributed by atoms with van der Waals surface area (Å²) < 4.78 is 6.66. The average molecular weight is 404 g/mol. The van der Waals surface area contributed by atoms with Gasteiger partial charge >= 0.3 is 5.69 Å². The molecule has 9 nitrogen and oxygen atoms in total. The third-order valence-corrected chi connectivity index (χ3v) is 4.96. The van der Waals surface area contributed by atoms with E-state index in [-0.39, 0.29) is 17.9 Å². The first kappa shape index (κ1) is 19.6. The molecule has 0 saturated heterocycles. The molecule has 146 valence electrons. The summed E-state index contributed by atoms with van der Waals surface area (Å²) in [7, 11) is 0. The van der Waals surface area contributed by atoms with Crippen LogP contribution in [0.3, 0.4) is 0 Å². The predicted octanol–water partition coefficient (Wildman–Crippen LogP) is 3.97. The van der Waals surface area contributed by atoms with Crippen LogP contribution in [0.4, 0.5) is 11.4 Å². The molecular weight excluding hydrogens is 386 g/mol. The van der Waals surface area contributed by atoms with E-state index in [4.69, 9.17) is 16.1 Å². The number of nitrogens with zero attached hydrogens (tertiary/aromatic N) is 4. The zero-order chi connectivity index (χ0) is 20.6. The highest BCUT2D eigenvalue weighted by molar-refractivity contribution is 6.31. The number of benzene rings is 1. The molecule has 0 aliphatic carbocycles. The van der Waals surface area contributed by atoms with Gasteiger partial charge in [-0.05, 0) is 45.4 Å². The van der Waals surface area contributed by atoms with Crippen LogP contribution < -0.4 is 5.32 Å². The van der Waals surface area contributed by atoms with Gasteiger partial charge in [0.05, 0.1) is 11.5 Å². The zero-order valence-electron chi connectivity index (χ0n) is 15.7. The third-order valence-electron chi connectivity index (χ3n) is 4.55. The Kier molecular flexibility index (Phi) is 5.19. The molecular formula is C18H18ClN5O4. The van der Waals surface area contributed by atoms with E-state index in [2.05, 4.69) is 15.6 Å². The Morgan fingerprint density at radius 2 is 2.04 bits per heavy atom. The van der Waals surface area contributed by atoms with Gasteiger partial charge in [-0.2, -0.15) is 5.10 Å². The number of aromatic nitrogens is 3. The number of hydrogen-bond donors (Lipinski definition) is 1. The molecule has 2 heterocycles. The first-order chi connectivity index (χ1) is 13.2. The highest BCUT2D eigenvalue weighted by Crippen LogP contribution is 2.26. The number of hydrogen-bond acceptors (Lipinski definition) is 6. The molecule has 0 aliphatic rings. The van der Waals surface area contributed by atoms with Gasteiger partial charge in [0.15, 0.2) is 5.69 Å². The van der Waals surface area contributed by atoms with Crippen LogP contribution in [0.15, 0.2) is 22.7 Å². The van der Waals surface area contributed by atoms with Gasteiger partial charge in [0.2, 0.25) is 0 Å². The maximum atomic E-state index is 12.8. The Labute approximate surface area is 165 Å². The van der Waals surface area contributed by atoms with Crippen molar-refractivity contribution in [3.63, 3.8) is 0 Å². The largest absolute Gasteiger partial charge is 0.361 e. The van der Waals surface area contributed by atoms with Gasteiger partial charge in [-0.15, -0.1) is 0 Å². The summed E-state index contributed by atoms with van der Waals surface area (Å²) in [6.45, 7) is 6.76. The number of halogens is 1. The van der Waals surface area contributed by atoms with E-state index in [1.165, 1.54) is 4.68 Å². The number of nitrogens with one attached hydrogen (secondary N) is 1. The van der Waals surface area contributed by atoms with Gasteiger partial charge in [0.25, 0.3) is 5.91 Å². The van der Waals surface area contributed by atoms with E-state index < -0.39 is 10.8 Å². The lowest BCUT2D eigenvalue weighted by Crippen LogP contribution is -2.17. The fraction of sp³-hybridized carbons (Fsp3) is 0.278. The van der Waals surface area contributed by atoms with Crippen LogP contribution in [0.25, 0.3) is 0 Å². The van der Waals surface area contributed by atoms with Crippen molar-refractivity contribution in [3.05, 3.63) is 67.3 Å². The number of aryl methyl sites for hydroxylation is 2. The predicted molar refractivity (Wildman–Crippen MR) is 103 cm³/mol. The van der Waals surface area contributed by atoms with Crippen LogP contribution in [0, 0.1) is 37.8 Å². The zero-order valence-corrected chi connectivity index (χ0v) is 16.5. The molecule has 0 unspecified atom stereocenters. The summed E-state index contributed by atoms with van der Waals surface area (Å²) >= 11 is 6.09. The van der Waals surface area contributed by atoms with Crippen molar-refractivity contribution in [1.29, 1.82) is 0 Å². The van der Waals surface area contributed by atoms with Gasteiger partial charge in [-0.1, -0.05) is 22.8 Å². The lowest BCUT2D eigenvalue weighted by atomic mass is 10.1. The van der Waals surface area contributed by atoms with E-state index >= 15 is 0 Å². The first-order valence-electron chi connectivity index (χ1n) is 8.40. The second-order valence-electron chi connectivity index (χ2n) is 6.37. The lowest BCUT2D eigenvalue weighted by Gasteiger charge is -2.09. The number of carbonyl (C=O) groups excluding carboxylic acids is 1. The van der Waals surface area contributed by atoms with E-state index in [1.54, 1.807) is 45.9 Å². The Hall–Kier alpha value is -3.20. The summed E-state index contributed by atoms with van der Waals surface area (Å²) in [5, 5.41) is 22.6. The molecule has 3 aromatic rings. The number of rotatable bonds is 5. The Morgan fingerprint density at radius 1 is 1.32 bits per heavy atom. The minimum absolute atomic E-state index is 0.0466. The highest BCUT2D eigenvalue weighted by Gasteiger charge is 2.26. The summed E-state index contributed by atoms with van der Waals surface area (Å²) in [4.78, 5) is 23.5. The van der Waals surface area contributed by atoms with Crippen molar-refractivity contribution < 1.29 is 14.2 Å². The van der Waals surface area contributed by atoms with Crippen molar-refractivity contribution in [2.45, 2.75) is 34.2 Å². The first-order valence-corrected chi connectivity index (χ1v) is 8.78. The molecule has 0 spiro atoms. The fourth-order valence-corrected chi connectivity index (χ4v) is 3.11. The number of nitro groups is 1. The van der Waals surface area contributed by atoms with Crippen molar-refractivity contribution >= 4 is 28.9 Å². The Morgan fingerprint density at radius 3 is 2.68 bits per heavy atom. The van der Waals surface area contributed by atoms with Crippen LogP contribution in [0.5, 0.6) is 0 Å². The summed E-state index contributed by atoms with van der Waals surface area (Å²) in [6.07, 6.45) is 0. The molecule has 10 heteroatoms. The minimum atomic E-state index is -0.468. The number of carbonyl (C=O) groups is 1. The van der Waals surface area contributed by atoms with Gasteiger partial charge in [0, 0.05) is 16.3 Å². The van der Waals surface area contributed by atoms with Gasteiger partial charge in [-0.25, -0.2) is 0 Å². The molecule has 0 radical (unpaired) electrons. The van der Waals surface area contributed by atoms with Crippen LogP contribution in [-0.2, 0) is 6.54 Å². The normalized spacial score (nSPS) is 10.9. The van der Waals surface area contributed by atoms with Crippen molar-refractivity contribution in [3.8, 4) is 0 Å². The standard InChI is InChI=1S/C18H18ClN5O4/c1-9-14(19)6-5-7-15(9)20-18(25)16-13(12(4)28-22-16)8-23-11(3)17(24(26)27)10(2)21-23/h5-7H,8H2,1-4H3,(H,20,25). The number of anilines is 1. The molecule has 28 heavy (non-hydrogen) atoms. The van der Waals surface area contributed by atoms with E-state index in [9.17, 15) is 14.9 Å². The average Bonchev–Trinajstić information content (AvgIpc) is 3.12. The number of amides is 1. The minimum Gasteiger partial charge on any atom is -0.361 e. The second kappa shape index (κ2) is 7.43. The van der Waals surface area contributed by atoms with E-state index in [1.807, 2.05) is 0 Å². The van der Waals surface area contributed by atoms with E-state index in [0.717, 1.165) is 5.56 Å². The molecule has 0 saturated carbocycles. The van der Waals surface area contributed by atoms with Gasteiger partial charge in [0.1, 0.15) is 17.1 Å². The van der Waals surface area contributed by atoms with Crippen molar-refractivity contribution in [2.75, 3.05) is 5.32 Å². The molecule has 2 aromatic heterocycles. The van der Waals surface area contributed by atoms with Crippen molar-refractivity contribution in [2.24, 2.45) is 0 Å². The van der Waals surface area contributed by atoms with Gasteiger partial charge in [-0.3, -0.25) is 19.6 Å². The fourth-order valence-electron chi connectivity index (χ4n) is 2.94. The molecule has 0 aliphatic heterocycles. The Balaban J connectivity index is 1.92. The molecule has 1 aromatic carbocycles. The molecule has 0 bridgehead atoms. The van der Waals surface area contributed by atoms with Gasteiger partial charge < -0.3 is 9.84 Å². The monoisotopic (exact) mass is 403 g/mol. The topological polar surface area (TPSA) is 116 Å².